The molecule has 126 heavy (non-hydrogen) atoms. The van der Waals surface area contributed by atoms with E-state index in [0.717, 1.165) is 56.8 Å². The number of aliphatic hydroxyl groups is 3. The third-order valence-corrected chi connectivity index (χ3v) is 26.9. The first-order chi connectivity index (χ1) is 58.9. The molecular weight excluding hydrogens is 1930 g/mol. The first-order valence-corrected chi connectivity index (χ1v) is 50.7. The maximum absolute atomic E-state index is 12.1. The number of ether oxygens (including phenoxy) is 10. The summed E-state index contributed by atoms with van der Waals surface area (Å²) < 4.78 is 162. The molecular formula is C66H88Cl6N14O34P6. The Morgan fingerprint density at radius 3 is 0.992 bits per heavy atom. The van der Waals surface area contributed by atoms with Crippen molar-refractivity contribution in [2.45, 2.75) is 221 Å². The van der Waals surface area contributed by atoms with Gasteiger partial charge in [-0.1, -0.05) is 48.9 Å². The van der Waals surface area contributed by atoms with Gasteiger partial charge in [-0.2, -0.15) is 19.9 Å². The summed E-state index contributed by atoms with van der Waals surface area (Å²) >= 11 is 36.5. The molecule has 8 aromatic rings. The first-order valence-electron chi connectivity index (χ1n) is 38.5. The summed E-state index contributed by atoms with van der Waals surface area (Å²) in [6, 6.07) is 7.60. The summed E-state index contributed by atoms with van der Waals surface area (Å²) in [6.07, 6.45) is -1.46. The standard InChI is InChI=1S/C20H29ClN4O10P2.C17H25ClN4O10P2.C15H19Cl2N3O10P2.C14H15Cl2N3O4/c1-20(2)34-14-13(9-31-37(29,30)32-10-36(26,27)28)33-18(15(14)35-20)25-8-7-12-16(22-11-5-3-4-6-11)23-19(21)24-17(12)25;18-17-20-14(19-9-3-1-2-4-9)10-5-6-22(15(10)21-17)16-13(24)12(23)11(32-16)7-30-34(28,29)31-8-33(25,26)27;1-15(2)29-9-8(5-26-32(24,25)27-6-31(21,22)23)28-13(10(9)30-15)20-4-3-7-11(16)18-14(17)19-12(7)20;1-14(2)22-8-7(5-20)21-12(9(8)23-14)19-4-3-6-10(15)17-13(16)18-11(6)19/h7-8,11,13-15,18H,3-6,9-10H2,1-2H3,(H,29,30)(H,22,23,24)(H2,26,27,28);5-6,9,11-13,16,23-24H,1-4,7-8H2,(H,28,29)(H,19,20,21)(H2,25,26,27);3-4,8-10,13H,5-6H2,1-2H3,(H,24,25)(H2,21,22,23);3-4,7-9,12,20H,5H2,1-2H3/t13-,14-,15-,18-;11-,12-,13-,16-;8-,9-,10-,13-;7-,8-,9-,12-/m1111/s1. The Balaban J connectivity index is 0.000000138. The number of rotatable bonds is 27. The fourth-order valence-corrected chi connectivity index (χ4v) is 21.7. The molecule has 698 valence electrons. The lowest BCUT2D eigenvalue weighted by Crippen LogP contribution is -2.33. The van der Waals surface area contributed by atoms with E-state index >= 15 is 0 Å². The van der Waals surface area contributed by atoms with Gasteiger partial charge >= 0.3 is 46.3 Å². The Morgan fingerprint density at radius 2 is 0.659 bits per heavy atom. The fraction of sp³-hybridized carbons (Fsp3) is 0.636. The maximum atomic E-state index is 12.1. The van der Waals surface area contributed by atoms with Crippen LogP contribution in [0, 0.1) is 0 Å². The van der Waals surface area contributed by atoms with Gasteiger partial charge in [-0.05, 0) is 138 Å². The Labute approximate surface area is 743 Å². The summed E-state index contributed by atoms with van der Waals surface area (Å²) in [5.41, 5.74) is 1.78. The number of nitrogens with one attached hydrogen (secondary N) is 2. The highest BCUT2D eigenvalue weighted by atomic mass is 35.5. The highest BCUT2D eigenvalue weighted by Gasteiger charge is 2.60. The van der Waals surface area contributed by atoms with Crippen LogP contribution in [-0.4, -0.2) is 266 Å². The quantitative estimate of drug-likeness (QED) is 0.0130. The van der Waals surface area contributed by atoms with Gasteiger partial charge in [-0.25, -0.2) is 33.6 Å². The Kier molecular flexibility index (Phi) is 29.9. The summed E-state index contributed by atoms with van der Waals surface area (Å²) in [4.78, 5) is 116. The van der Waals surface area contributed by atoms with Crippen LogP contribution in [0.2, 0.25) is 31.4 Å². The molecule has 9 fully saturated rings. The molecule has 19 atom stereocenters. The van der Waals surface area contributed by atoms with Gasteiger partial charge in [0, 0.05) is 36.9 Å². The van der Waals surface area contributed by atoms with Crippen LogP contribution < -0.4 is 10.6 Å². The number of halogens is 6. The van der Waals surface area contributed by atoms with Crippen LogP contribution in [0.15, 0.2) is 49.1 Å². The molecule has 14 N–H and O–H groups in total. The number of anilines is 2. The van der Waals surface area contributed by atoms with Gasteiger partial charge in [0.15, 0.2) is 61.3 Å². The van der Waals surface area contributed by atoms with Crippen LogP contribution in [0.25, 0.3) is 44.1 Å². The molecule has 48 nitrogen and oxygen atoms in total. The minimum atomic E-state index is -4.85. The average molecular weight is 2020 g/mol. The monoisotopic (exact) mass is 2020 g/mol. The Morgan fingerprint density at radius 1 is 0.381 bits per heavy atom. The first kappa shape index (κ1) is 98.1. The zero-order valence-corrected chi connectivity index (χ0v) is 76.7. The van der Waals surface area contributed by atoms with Gasteiger partial charge in [0.25, 0.3) is 0 Å². The number of hydrogen-bond donors (Lipinski definition) is 14. The van der Waals surface area contributed by atoms with Gasteiger partial charge < -0.3 is 136 Å². The van der Waals surface area contributed by atoms with Gasteiger partial charge in [0.1, 0.15) is 118 Å². The normalized spacial score (nSPS) is 29.6. The average Bonchev–Trinajstić information content (AvgIpc) is 1.60. The van der Waals surface area contributed by atoms with E-state index in [1.165, 1.54) is 4.57 Å². The number of fused-ring (bicyclic) bond motifs is 7. The highest BCUT2D eigenvalue weighted by molar-refractivity contribution is 7.54. The van der Waals surface area contributed by atoms with Crippen LogP contribution in [0.5, 0.6) is 0 Å². The summed E-state index contributed by atoms with van der Waals surface area (Å²) in [6.45, 7) is 8.72. The van der Waals surface area contributed by atoms with E-state index in [0.29, 0.717) is 56.4 Å². The van der Waals surface area contributed by atoms with Crippen molar-refractivity contribution < 1.29 is 161 Å². The molecule has 0 spiro atoms. The van der Waals surface area contributed by atoms with Crippen LogP contribution in [0.3, 0.4) is 0 Å². The molecule has 15 heterocycles. The van der Waals surface area contributed by atoms with Gasteiger partial charge in [-0.3, -0.25) is 40.8 Å². The predicted molar refractivity (Wildman–Crippen MR) is 439 cm³/mol. The number of nitrogens with zero attached hydrogens (tertiary/aromatic N) is 12. The zero-order valence-electron chi connectivity index (χ0n) is 66.8. The topological polar surface area (TPSA) is 640 Å². The number of aliphatic hydroxyl groups excluding tert-OH is 3. The Bertz CT molecular complexity index is 5590. The van der Waals surface area contributed by atoms with Gasteiger partial charge in [0.2, 0.25) is 21.1 Å². The van der Waals surface area contributed by atoms with Crippen molar-refractivity contribution in [3.63, 3.8) is 0 Å². The molecule has 8 aromatic heterocycles. The minimum absolute atomic E-state index is 0.0238. The lowest BCUT2D eigenvalue weighted by Gasteiger charge is -2.25. The summed E-state index contributed by atoms with van der Waals surface area (Å²) in [5, 5.41) is 40.4. The lowest BCUT2D eigenvalue weighted by atomic mass is 10.1. The third-order valence-electron chi connectivity index (χ3n) is 20.8. The summed E-state index contributed by atoms with van der Waals surface area (Å²) in [7, 11) is -28.4. The van der Waals surface area contributed by atoms with Crippen molar-refractivity contribution in [1.29, 1.82) is 0 Å². The van der Waals surface area contributed by atoms with Gasteiger partial charge in [0.05, 0.1) is 48.0 Å². The molecule has 2 aliphatic carbocycles. The second-order valence-electron chi connectivity index (χ2n) is 31.5. The van der Waals surface area contributed by atoms with E-state index in [4.69, 9.17) is 155 Å². The SMILES string of the molecule is CC1(C)O[C@@H]2[C@H](O1)[C@@H](CO)O[C@H]2n1ccc2c(Cl)nc(Cl)nc21.CC1(C)O[C@@H]2[C@H](O1)[C@@H](COP(=O)(O)OCP(=O)(O)O)O[C@H]2n1ccc2c(Cl)nc(Cl)nc21.CC1(C)O[C@@H]2[C@H](O1)[C@@H](COP(=O)(O)OCP(=O)(O)O)O[C@H]2n1ccc2c(NC3CCCC3)nc(Cl)nc21.O=P(O)(O)COP(=O)(O)OC[C@H]1O[C@@H](n2ccc3c(NC4CCCC4)nc(Cl)nc32)[C@H](O)[C@@H]1O. The molecule has 7 saturated heterocycles. The maximum Gasteiger partial charge on any atom is 0.472 e. The summed E-state index contributed by atoms with van der Waals surface area (Å²) in [5.74, 6) is -1.53. The van der Waals surface area contributed by atoms with Gasteiger partial charge in [-0.15, -0.1) is 0 Å². The molecule has 7 aliphatic heterocycles. The van der Waals surface area contributed by atoms with E-state index in [2.05, 4.69) is 68.6 Å². The molecule has 0 amide bonds. The predicted octanol–water partition coefficient (Wildman–Crippen LogP) is 9.03. The smallest absolute Gasteiger partial charge is 0.394 e. The lowest BCUT2D eigenvalue weighted by molar-refractivity contribution is -0.199. The van der Waals surface area contributed by atoms with Crippen molar-refractivity contribution in [1.82, 2.24) is 58.1 Å². The van der Waals surface area contributed by atoms with Crippen molar-refractivity contribution in [2.24, 2.45) is 0 Å². The number of phosphoric ester groups is 3. The van der Waals surface area contributed by atoms with Crippen molar-refractivity contribution in [2.75, 3.05) is 56.1 Å². The number of hydrogen-bond acceptors (Lipinski definition) is 35. The van der Waals surface area contributed by atoms with Crippen molar-refractivity contribution in [3.05, 3.63) is 80.5 Å². The second-order valence-corrected chi connectivity index (χ2v) is 42.7. The molecule has 0 bridgehead atoms. The van der Waals surface area contributed by atoms with Crippen molar-refractivity contribution >= 4 is 172 Å². The highest BCUT2D eigenvalue weighted by Crippen LogP contribution is 2.55. The molecule has 60 heteroatoms. The fourth-order valence-electron chi connectivity index (χ4n) is 15.7. The largest absolute Gasteiger partial charge is 0.472 e. The van der Waals surface area contributed by atoms with Crippen LogP contribution in [0.1, 0.15) is 118 Å². The zero-order chi connectivity index (χ0) is 91.1. The van der Waals surface area contributed by atoms with Crippen LogP contribution >= 0.6 is 116 Å². The van der Waals surface area contributed by atoms with Crippen molar-refractivity contribution in [3.8, 4) is 0 Å². The molecule has 0 aromatic carbocycles. The second kappa shape index (κ2) is 38.5. The number of phosphoric acid groups is 3. The van der Waals surface area contributed by atoms with E-state index in [1.807, 2.05) is 19.9 Å². The molecule has 17 rings (SSSR count). The molecule has 3 unspecified atom stereocenters. The molecule has 9 aliphatic rings. The van der Waals surface area contributed by atoms with E-state index in [9.17, 15) is 57.4 Å². The van der Waals surface area contributed by atoms with E-state index < -0.39 is 188 Å². The minimum Gasteiger partial charge on any atom is -0.394 e. The van der Waals surface area contributed by atoms with Crippen LogP contribution in [0.4, 0.5) is 11.6 Å². The van der Waals surface area contributed by atoms with E-state index in [-0.39, 0.29) is 56.3 Å². The molecule has 2 saturated carbocycles. The molecule has 0 radical (unpaired) electrons. The van der Waals surface area contributed by atoms with Crippen LogP contribution in [-0.2, 0) is 102 Å². The Hall–Kier alpha value is -3.92. The number of aromatic nitrogens is 12. The van der Waals surface area contributed by atoms with E-state index in [1.54, 1.807) is 84.4 Å². The third kappa shape index (κ3) is 23.5.